The predicted molar refractivity (Wildman–Crippen MR) is 100 cm³/mol. The van der Waals surface area contributed by atoms with Gasteiger partial charge in [0.05, 0.1) is 23.8 Å². The van der Waals surface area contributed by atoms with Crippen molar-refractivity contribution in [3.63, 3.8) is 0 Å². The van der Waals surface area contributed by atoms with Gasteiger partial charge < -0.3 is 14.2 Å². The quantitative estimate of drug-likeness (QED) is 0.597. The molecule has 0 amide bonds. The zero-order valence-electron chi connectivity index (χ0n) is 14.4. The summed E-state index contributed by atoms with van der Waals surface area (Å²) < 4.78 is 17.9. The van der Waals surface area contributed by atoms with Crippen LogP contribution in [0.4, 0.5) is 0 Å². The standard InChI is InChI=1S/C16H19Br2N3O4/c1-5-23-10-7-9(11(17)12(18)15(10)25-8(3)4)13-14(20-21-19-13)16(22)24-6-2/h7-8H,5-6H2,1-4H3,(H,19,20,21). The lowest BCUT2D eigenvalue weighted by molar-refractivity contribution is 0.0520. The van der Waals surface area contributed by atoms with E-state index in [4.69, 9.17) is 14.2 Å². The molecule has 25 heavy (non-hydrogen) atoms. The molecule has 2 aromatic rings. The van der Waals surface area contributed by atoms with E-state index in [0.29, 0.717) is 38.3 Å². The maximum absolute atomic E-state index is 12.1. The van der Waals surface area contributed by atoms with Gasteiger partial charge >= 0.3 is 5.97 Å². The van der Waals surface area contributed by atoms with E-state index >= 15 is 0 Å². The number of carbonyl (C=O) groups excluding carboxylic acids is 1. The van der Waals surface area contributed by atoms with Crippen LogP contribution in [0.1, 0.15) is 38.2 Å². The number of nitrogens with one attached hydrogen (secondary N) is 1. The van der Waals surface area contributed by atoms with Crippen molar-refractivity contribution in [1.82, 2.24) is 15.4 Å². The molecule has 136 valence electrons. The fourth-order valence-corrected chi connectivity index (χ4v) is 3.11. The van der Waals surface area contributed by atoms with Crippen molar-refractivity contribution in [1.29, 1.82) is 0 Å². The number of halogens is 2. The van der Waals surface area contributed by atoms with Gasteiger partial charge in [0.2, 0.25) is 0 Å². The molecule has 7 nitrogen and oxygen atoms in total. The van der Waals surface area contributed by atoms with E-state index in [0.717, 1.165) is 0 Å². The lowest BCUT2D eigenvalue weighted by Gasteiger charge is -2.18. The van der Waals surface area contributed by atoms with Crippen LogP contribution in [0, 0.1) is 0 Å². The lowest BCUT2D eigenvalue weighted by Crippen LogP contribution is -2.09. The van der Waals surface area contributed by atoms with Crippen LogP contribution < -0.4 is 9.47 Å². The molecule has 1 aromatic heterocycles. The van der Waals surface area contributed by atoms with Gasteiger partial charge in [-0.05, 0) is 65.6 Å². The number of H-pyrrole nitrogens is 1. The first-order chi connectivity index (χ1) is 11.9. The number of ether oxygens (including phenoxy) is 3. The number of rotatable bonds is 7. The molecule has 0 unspecified atom stereocenters. The van der Waals surface area contributed by atoms with E-state index < -0.39 is 5.97 Å². The average molecular weight is 477 g/mol. The molecule has 0 aliphatic carbocycles. The van der Waals surface area contributed by atoms with Gasteiger partial charge in [0.25, 0.3) is 0 Å². The Balaban J connectivity index is 2.60. The Morgan fingerprint density at radius 2 is 1.92 bits per heavy atom. The molecule has 1 aromatic carbocycles. The molecule has 0 atom stereocenters. The minimum atomic E-state index is -0.547. The number of aromatic nitrogens is 3. The van der Waals surface area contributed by atoms with Crippen molar-refractivity contribution >= 4 is 37.8 Å². The van der Waals surface area contributed by atoms with Crippen LogP contribution in [0.3, 0.4) is 0 Å². The average Bonchev–Trinajstić information content (AvgIpc) is 3.04. The highest BCUT2D eigenvalue weighted by molar-refractivity contribution is 9.13. The third kappa shape index (κ3) is 4.33. The van der Waals surface area contributed by atoms with E-state index in [1.54, 1.807) is 13.0 Å². The Labute approximate surface area is 162 Å². The second-order valence-electron chi connectivity index (χ2n) is 5.22. The molecule has 0 saturated carbocycles. The van der Waals surface area contributed by atoms with Crippen LogP contribution in [0.5, 0.6) is 11.5 Å². The van der Waals surface area contributed by atoms with Crippen LogP contribution in [-0.2, 0) is 4.74 Å². The summed E-state index contributed by atoms with van der Waals surface area (Å²) in [7, 11) is 0. The van der Waals surface area contributed by atoms with Gasteiger partial charge in [-0.15, -0.1) is 5.10 Å². The summed E-state index contributed by atoms with van der Waals surface area (Å²) in [6, 6.07) is 1.76. The van der Waals surface area contributed by atoms with Crippen LogP contribution >= 0.6 is 31.9 Å². The van der Waals surface area contributed by atoms with E-state index in [9.17, 15) is 4.79 Å². The van der Waals surface area contributed by atoms with Crippen molar-refractivity contribution < 1.29 is 19.0 Å². The predicted octanol–water partition coefficient (Wildman–Crippen LogP) is 4.36. The summed E-state index contributed by atoms with van der Waals surface area (Å²) in [5, 5.41) is 10.5. The van der Waals surface area contributed by atoms with E-state index in [1.165, 1.54) is 0 Å². The third-order valence-corrected chi connectivity index (χ3v) is 5.17. The van der Waals surface area contributed by atoms with Gasteiger partial charge in [-0.3, -0.25) is 0 Å². The monoisotopic (exact) mass is 475 g/mol. The van der Waals surface area contributed by atoms with Gasteiger partial charge in [-0.1, -0.05) is 0 Å². The normalized spacial score (nSPS) is 10.8. The molecule has 2 rings (SSSR count). The molecular formula is C16H19Br2N3O4. The first-order valence-corrected chi connectivity index (χ1v) is 9.38. The van der Waals surface area contributed by atoms with Gasteiger partial charge in [0, 0.05) is 10.0 Å². The highest BCUT2D eigenvalue weighted by Crippen LogP contribution is 2.46. The fourth-order valence-electron chi connectivity index (χ4n) is 2.13. The van der Waals surface area contributed by atoms with Gasteiger partial charge in [0.1, 0.15) is 5.69 Å². The van der Waals surface area contributed by atoms with Crippen molar-refractivity contribution in [3.8, 4) is 22.8 Å². The summed E-state index contributed by atoms with van der Waals surface area (Å²) in [6.45, 7) is 8.19. The van der Waals surface area contributed by atoms with Gasteiger partial charge in [-0.2, -0.15) is 10.3 Å². The molecule has 9 heteroatoms. The summed E-state index contributed by atoms with van der Waals surface area (Å²) in [6.07, 6.45) is -0.0320. The van der Waals surface area contributed by atoms with Crippen molar-refractivity contribution in [2.45, 2.75) is 33.8 Å². The third-order valence-electron chi connectivity index (χ3n) is 3.05. The molecule has 0 fully saturated rings. The fraction of sp³-hybridized carbons (Fsp3) is 0.438. The molecule has 0 radical (unpaired) electrons. The zero-order valence-corrected chi connectivity index (χ0v) is 17.5. The number of hydrogen-bond donors (Lipinski definition) is 1. The Hall–Kier alpha value is -1.61. The van der Waals surface area contributed by atoms with Gasteiger partial charge in [0.15, 0.2) is 17.2 Å². The van der Waals surface area contributed by atoms with Crippen LogP contribution in [0.15, 0.2) is 15.0 Å². The van der Waals surface area contributed by atoms with E-state index in [1.807, 2.05) is 20.8 Å². The highest BCUT2D eigenvalue weighted by Gasteiger charge is 2.25. The lowest BCUT2D eigenvalue weighted by atomic mass is 10.1. The summed E-state index contributed by atoms with van der Waals surface area (Å²) in [5.74, 6) is 0.572. The Bertz CT molecular complexity index is 762. The number of esters is 1. The Morgan fingerprint density at radius 3 is 2.52 bits per heavy atom. The molecule has 1 N–H and O–H groups in total. The van der Waals surface area contributed by atoms with Gasteiger partial charge in [-0.25, -0.2) is 4.79 Å². The largest absolute Gasteiger partial charge is 0.490 e. The number of nitrogens with zero attached hydrogens (tertiary/aromatic N) is 2. The molecule has 0 aliphatic rings. The topological polar surface area (TPSA) is 86.3 Å². The molecule has 1 heterocycles. The zero-order chi connectivity index (χ0) is 18.6. The summed E-state index contributed by atoms with van der Waals surface area (Å²) in [4.78, 5) is 12.1. The van der Waals surface area contributed by atoms with Crippen LogP contribution in [-0.4, -0.2) is 40.7 Å². The number of aromatic amines is 1. The Morgan fingerprint density at radius 1 is 1.20 bits per heavy atom. The van der Waals surface area contributed by atoms with Crippen LogP contribution in [0.2, 0.25) is 0 Å². The van der Waals surface area contributed by atoms with Crippen LogP contribution in [0.25, 0.3) is 11.3 Å². The second-order valence-corrected chi connectivity index (χ2v) is 6.81. The second kappa shape index (κ2) is 8.66. The van der Waals surface area contributed by atoms with E-state index in [2.05, 4.69) is 47.3 Å². The molecule has 0 aliphatic heterocycles. The van der Waals surface area contributed by atoms with Crippen molar-refractivity contribution in [2.24, 2.45) is 0 Å². The highest BCUT2D eigenvalue weighted by atomic mass is 79.9. The minimum absolute atomic E-state index is 0.0320. The SMILES string of the molecule is CCOC(=O)c1n[nH]nc1-c1cc(OCC)c(OC(C)C)c(Br)c1Br. The number of carbonyl (C=O) groups is 1. The maximum Gasteiger partial charge on any atom is 0.361 e. The molecule has 0 saturated heterocycles. The number of hydrogen-bond acceptors (Lipinski definition) is 6. The van der Waals surface area contributed by atoms with Crippen molar-refractivity contribution in [2.75, 3.05) is 13.2 Å². The minimum Gasteiger partial charge on any atom is -0.490 e. The summed E-state index contributed by atoms with van der Waals surface area (Å²) >= 11 is 7.07. The maximum atomic E-state index is 12.1. The number of benzene rings is 1. The smallest absolute Gasteiger partial charge is 0.361 e. The first kappa shape index (κ1) is 19.7. The molecule has 0 spiro atoms. The summed E-state index contributed by atoms with van der Waals surface area (Å²) in [5.41, 5.74) is 1.10. The Kier molecular flexibility index (Phi) is 6.83. The molecule has 0 bridgehead atoms. The first-order valence-electron chi connectivity index (χ1n) is 7.80. The van der Waals surface area contributed by atoms with Crippen molar-refractivity contribution in [3.05, 3.63) is 20.7 Å². The van der Waals surface area contributed by atoms with E-state index in [-0.39, 0.29) is 18.4 Å². The molecular weight excluding hydrogens is 458 g/mol.